The summed E-state index contributed by atoms with van der Waals surface area (Å²) < 4.78 is 24.3. The highest BCUT2D eigenvalue weighted by Crippen LogP contribution is 2.21. The fourth-order valence-corrected chi connectivity index (χ4v) is 4.46. The molecule has 21 heavy (non-hydrogen) atoms. The molecule has 112 valence electrons. The van der Waals surface area contributed by atoms with E-state index in [9.17, 15) is 18.3 Å². The van der Waals surface area contributed by atoms with Crippen LogP contribution < -0.4 is 5.32 Å². The first-order valence-electron chi connectivity index (χ1n) is 6.61. The van der Waals surface area contributed by atoms with Crippen molar-refractivity contribution in [2.45, 2.75) is 6.42 Å². The molecule has 3 rings (SSSR count). The maximum Gasteiger partial charge on any atom is 0.356 e. The number of nitrogens with one attached hydrogen (secondary N) is 1. The van der Waals surface area contributed by atoms with Gasteiger partial charge < -0.3 is 10.4 Å². The second kappa shape index (κ2) is 5.03. The molecule has 2 N–H and O–H groups in total. The summed E-state index contributed by atoms with van der Waals surface area (Å²) in [5, 5.41) is 12.3. The predicted molar refractivity (Wildman–Crippen MR) is 77.4 cm³/mol. The summed E-state index contributed by atoms with van der Waals surface area (Å²) in [5.41, 5.74) is 0.600. The van der Waals surface area contributed by atoms with Gasteiger partial charge in [-0.3, -0.25) is 4.40 Å². The van der Waals surface area contributed by atoms with Crippen molar-refractivity contribution in [3.8, 4) is 0 Å². The summed E-state index contributed by atoms with van der Waals surface area (Å²) in [5.74, 6) is -0.443. The van der Waals surface area contributed by atoms with Gasteiger partial charge in [-0.25, -0.2) is 18.2 Å². The summed E-state index contributed by atoms with van der Waals surface area (Å²) >= 11 is 0. The molecule has 1 atom stereocenters. The van der Waals surface area contributed by atoms with Crippen LogP contribution >= 0.6 is 0 Å². The normalized spacial score (nSPS) is 20.7. The minimum absolute atomic E-state index is 0.00135. The quantitative estimate of drug-likeness (QED) is 0.869. The molecule has 0 aliphatic carbocycles. The number of rotatable bonds is 4. The molecule has 0 amide bonds. The van der Waals surface area contributed by atoms with Crippen molar-refractivity contribution < 1.29 is 18.3 Å². The van der Waals surface area contributed by atoms with Crippen LogP contribution in [0.4, 0.5) is 5.82 Å². The minimum Gasteiger partial charge on any atom is -0.476 e. The number of aromatic nitrogens is 2. The van der Waals surface area contributed by atoms with Crippen LogP contribution in [0.3, 0.4) is 0 Å². The molecule has 3 heterocycles. The highest BCUT2D eigenvalue weighted by Gasteiger charge is 2.28. The highest BCUT2D eigenvalue weighted by molar-refractivity contribution is 7.91. The topological polar surface area (TPSA) is 101 Å². The number of fused-ring (bicyclic) bond motifs is 1. The number of pyridine rings is 1. The van der Waals surface area contributed by atoms with Crippen molar-refractivity contribution in [3.05, 3.63) is 30.1 Å². The maximum absolute atomic E-state index is 11.4. The number of hydrogen-bond acceptors (Lipinski definition) is 5. The second-order valence-corrected chi connectivity index (χ2v) is 7.42. The van der Waals surface area contributed by atoms with E-state index in [-0.39, 0.29) is 28.9 Å². The Morgan fingerprint density at radius 3 is 2.95 bits per heavy atom. The van der Waals surface area contributed by atoms with Gasteiger partial charge in [-0.1, -0.05) is 6.07 Å². The van der Waals surface area contributed by atoms with E-state index in [1.807, 2.05) is 0 Å². The number of nitrogens with zero attached hydrogens (tertiary/aromatic N) is 2. The smallest absolute Gasteiger partial charge is 0.356 e. The lowest BCUT2D eigenvalue weighted by Gasteiger charge is -2.09. The van der Waals surface area contributed by atoms with Crippen LogP contribution in [-0.4, -0.2) is 46.9 Å². The molecule has 1 aliphatic rings. The minimum atomic E-state index is -2.93. The van der Waals surface area contributed by atoms with E-state index < -0.39 is 15.8 Å². The fraction of sp³-hybridized carbons (Fsp3) is 0.385. The molecule has 0 aromatic carbocycles. The van der Waals surface area contributed by atoms with Gasteiger partial charge in [0.05, 0.1) is 11.5 Å². The van der Waals surface area contributed by atoms with Gasteiger partial charge in [-0.2, -0.15) is 0 Å². The van der Waals surface area contributed by atoms with Crippen LogP contribution in [0, 0.1) is 5.92 Å². The number of hydrogen-bond donors (Lipinski definition) is 2. The van der Waals surface area contributed by atoms with Gasteiger partial charge in [0, 0.05) is 12.7 Å². The van der Waals surface area contributed by atoms with E-state index >= 15 is 0 Å². The first-order chi connectivity index (χ1) is 9.96. The average Bonchev–Trinajstić information content (AvgIpc) is 2.95. The molecule has 2 aromatic rings. The number of aromatic carboxylic acids is 1. The second-order valence-electron chi connectivity index (χ2n) is 5.19. The molecule has 2 aromatic heterocycles. The van der Waals surface area contributed by atoms with E-state index in [1.54, 1.807) is 24.4 Å². The Morgan fingerprint density at radius 1 is 1.48 bits per heavy atom. The lowest BCUT2D eigenvalue weighted by atomic mass is 10.1. The predicted octanol–water partition coefficient (Wildman–Crippen LogP) is 0.879. The number of sulfone groups is 1. The Morgan fingerprint density at radius 2 is 2.29 bits per heavy atom. The van der Waals surface area contributed by atoms with Crippen molar-refractivity contribution in [1.29, 1.82) is 0 Å². The molecular weight excluding hydrogens is 294 g/mol. The average molecular weight is 309 g/mol. The third-order valence-corrected chi connectivity index (χ3v) is 5.45. The van der Waals surface area contributed by atoms with Gasteiger partial charge in [0.15, 0.2) is 21.3 Å². The first kappa shape index (κ1) is 13.9. The monoisotopic (exact) mass is 309 g/mol. The highest BCUT2D eigenvalue weighted by atomic mass is 32.2. The number of carboxylic acids is 1. The lowest BCUT2D eigenvalue weighted by molar-refractivity contribution is 0.0690. The third kappa shape index (κ3) is 2.71. The molecule has 0 bridgehead atoms. The zero-order valence-electron chi connectivity index (χ0n) is 11.2. The van der Waals surface area contributed by atoms with Crippen LogP contribution in [0.5, 0.6) is 0 Å². The van der Waals surface area contributed by atoms with Crippen molar-refractivity contribution in [3.63, 3.8) is 0 Å². The lowest BCUT2D eigenvalue weighted by Crippen LogP contribution is -2.17. The van der Waals surface area contributed by atoms with Crippen molar-refractivity contribution >= 4 is 27.3 Å². The molecule has 1 fully saturated rings. The van der Waals surface area contributed by atoms with Crippen LogP contribution in [0.15, 0.2) is 24.4 Å². The molecule has 1 aliphatic heterocycles. The maximum atomic E-state index is 11.4. The van der Waals surface area contributed by atoms with E-state index in [0.717, 1.165) is 0 Å². The van der Waals surface area contributed by atoms with Gasteiger partial charge in [-0.15, -0.1) is 0 Å². The van der Waals surface area contributed by atoms with E-state index in [4.69, 9.17) is 0 Å². The molecule has 0 radical (unpaired) electrons. The van der Waals surface area contributed by atoms with Crippen LogP contribution in [-0.2, 0) is 9.84 Å². The van der Waals surface area contributed by atoms with E-state index in [2.05, 4.69) is 10.3 Å². The van der Waals surface area contributed by atoms with Gasteiger partial charge in [-0.05, 0) is 24.5 Å². The van der Waals surface area contributed by atoms with Crippen molar-refractivity contribution in [1.82, 2.24) is 9.38 Å². The van der Waals surface area contributed by atoms with Crippen LogP contribution in [0.1, 0.15) is 16.9 Å². The number of carboxylic acid groups (broad SMARTS) is 1. The van der Waals surface area contributed by atoms with E-state index in [1.165, 1.54) is 4.40 Å². The number of imidazole rings is 1. The Kier molecular flexibility index (Phi) is 3.32. The van der Waals surface area contributed by atoms with Crippen LogP contribution in [0.2, 0.25) is 0 Å². The zero-order valence-corrected chi connectivity index (χ0v) is 12.0. The number of carbonyl (C=O) groups is 1. The van der Waals surface area contributed by atoms with Gasteiger partial charge in [0.1, 0.15) is 5.65 Å². The largest absolute Gasteiger partial charge is 0.476 e. The summed E-state index contributed by atoms with van der Waals surface area (Å²) in [6.07, 6.45) is 2.24. The molecular formula is C13H15N3O4S. The summed E-state index contributed by atoms with van der Waals surface area (Å²) in [7, 11) is -2.93. The summed E-state index contributed by atoms with van der Waals surface area (Å²) in [4.78, 5) is 15.7. The molecule has 1 saturated heterocycles. The fourth-order valence-electron chi connectivity index (χ4n) is 2.60. The van der Waals surface area contributed by atoms with Crippen molar-refractivity contribution in [2.75, 3.05) is 23.4 Å². The Balaban J connectivity index is 1.84. The van der Waals surface area contributed by atoms with Crippen LogP contribution in [0.25, 0.3) is 5.65 Å². The summed E-state index contributed by atoms with van der Waals surface area (Å²) in [6.45, 7) is 0.406. The Hall–Kier alpha value is -2.09. The molecule has 0 saturated carbocycles. The molecule has 1 unspecified atom stereocenters. The third-order valence-electron chi connectivity index (χ3n) is 3.62. The Bertz CT molecular complexity index is 797. The number of anilines is 1. The van der Waals surface area contributed by atoms with Gasteiger partial charge >= 0.3 is 5.97 Å². The van der Waals surface area contributed by atoms with E-state index in [0.29, 0.717) is 18.6 Å². The van der Waals surface area contributed by atoms with Crippen molar-refractivity contribution in [2.24, 2.45) is 5.92 Å². The Labute approximate surface area is 121 Å². The first-order valence-corrected chi connectivity index (χ1v) is 8.43. The summed E-state index contributed by atoms with van der Waals surface area (Å²) in [6, 6.07) is 5.23. The SMILES string of the molecule is O=C(O)c1c(NCC2CCS(=O)(=O)C2)nc2ccccn12. The molecule has 0 spiro atoms. The molecule has 7 nitrogen and oxygen atoms in total. The van der Waals surface area contributed by atoms with Gasteiger partial charge in [0.25, 0.3) is 0 Å². The molecule has 8 heteroatoms. The standard InChI is InChI=1S/C13H15N3O4S/c17-13(18)11-12(15-10-3-1-2-5-16(10)11)14-7-9-4-6-21(19,20)8-9/h1-3,5,9,14H,4,6-8H2,(H,17,18). The zero-order chi connectivity index (χ0) is 15.0. The van der Waals surface area contributed by atoms with Gasteiger partial charge in [0.2, 0.25) is 0 Å².